The van der Waals surface area contributed by atoms with Crippen molar-refractivity contribution in [3.8, 4) is 6.07 Å². The summed E-state index contributed by atoms with van der Waals surface area (Å²) in [5, 5.41) is 21.9. The third-order valence-corrected chi connectivity index (χ3v) is 2.97. The molecule has 1 unspecified atom stereocenters. The molecule has 0 aromatic heterocycles. The molecule has 7 heteroatoms. The molecule has 0 radical (unpaired) electrons. The van der Waals surface area contributed by atoms with E-state index in [9.17, 15) is 14.9 Å². The van der Waals surface area contributed by atoms with Crippen LogP contribution in [-0.2, 0) is 0 Å². The summed E-state index contributed by atoms with van der Waals surface area (Å²) < 4.78 is 0.443. The van der Waals surface area contributed by atoms with Gasteiger partial charge in [-0.25, -0.2) is 0 Å². The maximum absolute atomic E-state index is 11.9. The van der Waals surface area contributed by atoms with E-state index in [0.717, 1.165) is 0 Å². The minimum Gasteiger partial charge on any atom is -0.336 e. The maximum atomic E-state index is 11.9. The van der Waals surface area contributed by atoms with Crippen molar-refractivity contribution in [2.45, 2.75) is 19.4 Å². The fraction of sp³-hybridized carbons (Fsp3) is 0.273. The summed E-state index contributed by atoms with van der Waals surface area (Å²) in [5.41, 5.74) is -0.0359. The van der Waals surface area contributed by atoms with E-state index in [1.165, 1.54) is 18.2 Å². The molecule has 1 N–H and O–H groups in total. The molecule has 0 aliphatic rings. The van der Waals surface area contributed by atoms with Crippen LogP contribution in [0.2, 0.25) is 0 Å². The number of carbonyl (C=O) groups is 1. The second kappa shape index (κ2) is 6.12. The molecule has 0 aliphatic heterocycles. The standard InChI is InChI=1S/C11H10BrN3O3/c1-2-7(6-13)14-11(16)9-5-8(15(17)18)3-4-10(9)12/h3-5,7H,2H2,1H3,(H,14,16). The number of nitrogens with one attached hydrogen (secondary N) is 1. The Labute approximate surface area is 112 Å². The lowest BCUT2D eigenvalue weighted by atomic mass is 10.1. The first-order valence-electron chi connectivity index (χ1n) is 5.14. The topological polar surface area (TPSA) is 96.0 Å². The molecule has 0 heterocycles. The summed E-state index contributed by atoms with van der Waals surface area (Å²) in [6.45, 7) is 1.76. The third-order valence-electron chi connectivity index (χ3n) is 2.27. The summed E-state index contributed by atoms with van der Waals surface area (Å²) in [6, 6.07) is 5.22. The fourth-order valence-electron chi connectivity index (χ4n) is 1.26. The summed E-state index contributed by atoms with van der Waals surface area (Å²) in [6.07, 6.45) is 0.467. The number of hydrogen-bond donors (Lipinski definition) is 1. The molecule has 1 amide bonds. The van der Waals surface area contributed by atoms with Gasteiger partial charge < -0.3 is 5.32 Å². The molecule has 0 bridgehead atoms. The van der Waals surface area contributed by atoms with Gasteiger partial charge in [0.25, 0.3) is 11.6 Å². The zero-order valence-electron chi connectivity index (χ0n) is 9.51. The molecular formula is C11H10BrN3O3. The van der Waals surface area contributed by atoms with E-state index in [4.69, 9.17) is 5.26 Å². The molecule has 1 aromatic carbocycles. The molecule has 0 spiro atoms. The van der Waals surface area contributed by atoms with E-state index >= 15 is 0 Å². The normalized spacial score (nSPS) is 11.4. The Morgan fingerprint density at radius 3 is 2.83 bits per heavy atom. The Morgan fingerprint density at radius 1 is 1.67 bits per heavy atom. The van der Waals surface area contributed by atoms with Gasteiger partial charge in [-0.15, -0.1) is 0 Å². The van der Waals surface area contributed by atoms with Gasteiger partial charge >= 0.3 is 0 Å². The zero-order valence-corrected chi connectivity index (χ0v) is 11.1. The number of halogens is 1. The van der Waals surface area contributed by atoms with Crippen molar-refractivity contribution in [1.29, 1.82) is 5.26 Å². The van der Waals surface area contributed by atoms with Gasteiger partial charge in [-0.1, -0.05) is 6.92 Å². The first kappa shape index (κ1) is 14.1. The van der Waals surface area contributed by atoms with Gasteiger partial charge in [-0.3, -0.25) is 14.9 Å². The van der Waals surface area contributed by atoms with Crippen LogP contribution in [-0.4, -0.2) is 16.9 Å². The predicted octanol–water partition coefficient (Wildman–Crippen LogP) is 2.39. The van der Waals surface area contributed by atoms with Crippen LogP contribution < -0.4 is 5.32 Å². The second-order valence-corrected chi connectivity index (χ2v) is 4.34. The molecule has 0 fully saturated rings. The van der Waals surface area contributed by atoms with E-state index in [0.29, 0.717) is 10.9 Å². The number of nitrogens with zero attached hydrogens (tertiary/aromatic N) is 2. The Kier molecular flexibility index (Phi) is 4.80. The van der Waals surface area contributed by atoms with Crippen LogP contribution in [0.5, 0.6) is 0 Å². The lowest BCUT2D eigenvalue weighted by Crippen LogP contribution is -2.33. The summed E-state index contributed by atoms with van der Waals surface area (Å²) in [4.78, 5) is 21.9. The molecule has 1 rings (SSSR count). The molecule has 0 saturated carbocycles. The molecule has 18 heavy (non-hydrogen) atoms. The van der Waals surface area contributed by atoms with Crippen molar-refractivity contribution < 1.29 is 9.72 Å². The third kappa shape index (κ3) is 3.28. The molecular weight excluding hydrogens is 302 g/mol. The highest BCUT2D eigenvalue weighted by atomic mass is 79.9. The molecule has 1 atom stereocenters. The number of carbonyl (C=O) groups excluding carboxylic acids is 1. The van der Waals surface area contributed by atoms with Crippen molar-refractivity contribution in [2.24, 2.45) is 0 Å². The van der Waals surface area contributed by atoms with E-state index < -0.39 is 16.9 Å². The average molecular weight is 312 g/mol. The highest BCUT2D eigenvalue weighted by Gasteiger charge is 2.17. The Balaban J connectivity index is 3.02. The van der Waals surface area contributed by atoms with E-state index in [1.54, 1.807) is 6.92 Å². The number of nitro groups is 1. The summed E-state index contributed by atoms with van der Waals surface area (Å²) >= 11 is 3.15. The van der Waals surface area contributed by atoms with Gasteiger partial charge in [0, 0.05) is 16.6 Å². The highest BCUT2D eigenvalue weighted by Crippen LogP contribution is 2.22. The number of amides is 1. The van der Waals surface area contributed by atoms with Crippen LogP contribution in [0.15, 0.2) is 22.7 Å². The van der Waals surface area contributed by atoms with Crippen LogP contribution in [0, 0.1) is 21.4 Å². The number of nitriles is 1. The first-order chi connectivity index (χ1) is 8.49. The van der Waals surface area contributed by atoms with Crippen molar-refractivity contribution in [2.75, 3.05) is 0 Å². The summed E-state index contributed by atoms with van der Waals surface area (Å²) in [5.74, 6) is -0.515. The Bertz CT molecular complexity index is 525. The van der Waals surface area contributed by atoms with E-state index in [1.807, 2.05) is 6.07 Å². The summed E-state index contributed by atoms with van der Waals surface area (Å²) in [7, 11) is 0. The number of non-ortho nitro benzene ring substituents is 1. The number of hydrogen-bond acceptors (Lipinski definition) is 4. The van der Waals surface area contributed by atoms with Crippen molar-refractivity contribution in [3.05, 3.63) is 38.3 Å². The van der Waals surface area contributed by atoms with Crippen LogP contribution in [0.1, 0.15) is 23.7 Å². The Morgan fingerprint density at radius 2 is 2.33 bits per heavy atom. The van der Waals surface area contributed by atoms with Crippen LogP contribution in [0.3, 0.4) is 0 Å². The van der Waals surface area contributed by atoms with Crippen molar-refractivity contribution in [1.82, 2.24) is 5.32 Å². The van der Waals surface area contributed by atoms with Gasteiger partial charge in [0.15, 0.2) is 0 Å². The quantitative estimate of drug-likeness (QED) is 0.682. The van der Waals surface area contributed by atoms with Gasteiger partial charge in [0.1, 0.15) is 6.04 Å². The molecule has 94 valence electrons. The minimum absolute atomic E-state index is 0.137. The predicted molar refractivity (Wildman–Crippen MR) is 68.0 cm³/mol. The van der Waals surface area contributed by atoms with Crippen LogP contribution in [0.25, 0.3) is 0 Å². The molecule has 6 nitrogen and oxygen atoms in total. The number of rotatable bonds is 4. The van der Waals surface area contributed by atoms with E-state index in [-0.39, 0.29) is 11.3 Å². The van der Waals surface area contributed by atoms with Gasteiger partial charge in [0.05, 0.1) is 16.6 Å². The zero-order chi connectivity index (χ0) is 13.7. The molecule has 0 aliphatic carbocycles. The van der Waals surface area contributed by atoms with Crippen LogP contribution in [0.4, 0.5) is 5.69 Å². The minimum atomic E-state index is -0.608. The van der Waals surface area contributed by atoms with Crippen LogP contribution >= 0.6 is 15.9 Å². The SMILES string of the molecule is CCC(C#N)NC(=O)c1cc([N+](=O)[O-])ccc1Br. The Hall–Kier alpha value is -1.94. The molecule has 1 aromatic rings. The monoisotopic (exact) mass is 311 g/mol. The lowest BCUT2D eigenvalue weighted by molar-refractivity contribution is -0.384. The number of benzene rings is 1. The average Bonchev–Trinajstić information content (AvgIpc) is 2.35. The van der Waals surface area contributed by atoms with Crippen molar-refractivity contribution in [3.63, 3.8) is 0 Å². The lowest BCUT2D eigenvalue weighted by Gasteiger charge is -2.10. The maximum Gasteiger partial charge on any atom is 0.270 e. The first-order valence-corrected chi connectivity index (χ1v) is 5.93. The largest absolute Gasteiger partial charge is 0.336 e. The van der Waals surface area contributed by atoms with E-state index in [2.05, 4.69) is 21.2 Å². The number of nitro benzene ring substituents is 1. The van der Waals surface area contributed by atoms with Gasteiger partial charge in [-0.2, -0.15) is 5.26 Å². The fourth-order valence-corrected chi connectivity index (χ4v) is 1.69. The van der Waals surface area contributed by atoms with Gasteiger partial charge in [0.2, 0.25) is 0 Å². The molecule has 0 saturated heterocycles. The van der Waals surface area contributed by atoms with Gasteiger partial charge in [-0.05, 0) is 28.4 Å². The van der Waals surface area contributed by atoms with Crippen molar-refractivity contribution >= 4 is 27.5 Å². The second-order valence-electron chi connectivity index (χ2n) is 3.48. The smallest absolute Gasteiger partial charge is 0.270 e. The highest BCUT2D eigenvalue weighted by molar-refractivity contribution is 9.10.